The van der Waals surface area contributed by atoms with Gasteiger partial charge in [0.25, 0.3) is 5.91 Å². The van der Waals surface area contributed by atoms with Gasteiger partial charge in [0, 0.05) is 11.6 Å². The van der Waals surface area contributed by atoms with Crippen LogP contribution in [0, 0.1) is 23.3 Å². The smallest absolute Gasteiger partial charge is 0.275 e. The summed E-state index contributed by atoms with van der Waals surface area (Å²) in [6.07, 6.45) is 0.781. The molecule has 2 N–H and O–H groups in total. The number of benzene rings is 3. The van der Waals surface area contributed by atoms with Gasteiger partial charge in [0.2, 0.25) is 0 Å². The highest BCUT2D eigenvalue weighted by atomic mass is 19.1. The first-order valence-electron chi connectivity index (χ1n) is 7.92. The summed E-state index contributed by atoms with van der Waals surface area (Å²) in [6, 6.07) is 9.86. The van der Waals surface area contributed by atoms with E-state index in [0.29, 0.717) is 6.07 Å². The third kappa shape index (κ3) is 4.01. The molecule has 0 saturated heterocycles. The lowest BCUT2D eigenvalue weighted by molar-refractivity contribution is 0.0952. The number of hydrazone groups is 1. The van der Waals surface area contributed by atoms with Gasteiger partial charge in [0.05, 0.1) is 17.3 Å². The molecule has 0 atom stereocenters. The van der Waals surface area contributed by atoms with E-state index < -0.39 is 40.5 Å². The van der Waals surface area contributed by atoms with Gasteiger partial charge in [-0.1, -0.05) is 12.1 Å². The molecule has 0 aliphatic rings. The summed E-state index contributed by atoms with van der Waals surface area (Å²) in [6.45, 7) is 0. The molecule has 0 spiro atoms. The number of aromatic hydroxyl groups is 1. The van der Waals surface area contributed by atoms with E-state index in [4.69, 9.17) is 0 Å². The van der Waals surface area contributed by atoms with Crippen molar-refractivity contribution >= 4 is 12.1 Å². The molecule has 1 amide bonds. The summed E-state index contributed by atoms with van der Waals surface area (Å²) in [4.78, 5) is 12.2. The zero-order valence-corrected chi connectivity index (χ0v) is 14.1. The standard InChI is InChI=1S/C20H12F4N2O2/c21-12-5-6-13(18(24)9-12)11-4-7-19(27)14(8-11)20(28)26-25-10-15-16(22)2-1-3-17(15)23/h1-10,27H,(H,26,28). The lowest BCUT2D eigenvalue weighted by Gasteiger charge is -2.08. The second-order valence-corrected chi connectivity index (χ2v) is 5.69. The van der Waals surface area contributed by atoms with Crippen LogP contribution in [0.15, 0.2) is 59.7 Å². The molecular weight excluding hydrogens is 376 g/mol. The number of rotatable bonds is 4. The van der Waals surface area contributed by atoms with Gasteiger partial charge >= 0.3 is 0 Å². The van der Waals surface area contributed by atoms with Crippen LogP contribution in [0.5, 0.6) is 5.75 Å². The number of hydrogen-bond donors (Lipinski definition) is 2. The molecule has 4 nitrogen and oxygen atoms in total. The van der Waals surface area contributed by atoms with Crippen molar-refractivity contribution in [2.45, 2.75) is 0 Å². The van der Waals surface area contributed by atoms with Crippen molar-refractivity contribution in [1.29, 1.82) is 0 Å². The van der Waals surface area contributed by atoms with Crippen LogP contribution in [0.2, 0.25) is 0 Å². The Morgan fingerprint density at radius 3 is 2.32 bits per heavy atom. The van der Waals surface area contributed by atoms with Gasteiger partial charge in [0.15, 0.2) is 0 Å². The Balaban J connectivity index is 1.85. The van der Waals surface area contributed by atoms with Gasteiger partial charge in [-0.3, -0.25) is 4.79 Å². The van der Waals surface area contributed by atoms with Crippen LogP contribution in [0.4, 0.5) is 17.6 Å². The van der Waals surface area contributed by atoms with Crippen LogP contribution in [0.3, 0.4) is 0 Å². The molecule has 0 fully saturated rings. The number of phenolic OH excluding ortho intramolecular Hbond substituents is 1. The SMILES string of the molecule is O=C(NN=Cc1c(F)cccc1F)c1cc(-c2ccc(F)cc2F)ccc1O. The van der Waals surface area contributed by atoms with E-state index in [9.17, 15) is 27.5 Å². The molecule has 0 aromatic heterocycles. The third-order valence-corrected chi connectivity index (χ3v) is 3.84. The van der Waals surface area contributed by atoms with Crippen LogP contribution in [0.1, 0.15) is 15.9 Å². The summed E-state index contributed by atoms with van der Waals surface area (Å²) in [5.74, 6) is -4.65. The summed E-state index contributed by atoms with van der Waals surface area (Å²) >= 11 is 0. The van der Waals surface area contributed by atoms with Crippen molar-refractivity contribution in [3.8, 4) is 16.9 Å². The van der Waals surface area contributed by atoms with E-state index in [2.05, 4.69) is 5.10 Å². The average molecular weight is 388 g/mol. The molecule has 142 valence electrons. The maximum absolute atomic E-state index is 13.9. The largest absolute Gasteiger partial charge is 0.507 e. The first-order chi connectivity index (χ1) is 13.4. The lowest BCUT2D eigenvalue weighted by atomic mass is 10.0. The Bertz CT molecular complexity index is 1060. The van der Waals surface area contributed by atoms with Gasteiger partial charge < -0.3 is 5.11 Å². The predicted octanol–water partition coefficient (Wildman–Crippen LogP) is 4.38. The minimum absolute atomic E-state index is 0.0207. The Hall–Kier alpha value is -3.68. The normalized spacial score (nSPS) is 11.0. The van der Waals surface area contributed by atoms with Crippen molar-refractivity contribution in [1.82, 2.24) is 5.43 Å². The fraction of sp³-hybridized carbons (Fsp3) is 0. The molecule has 3 aromatic rings. The van der Waals surface area contributed by atoms with Crippen LogP contribution < -0.4 is 5.43 Å². The number of nitrogens with one attached hydrogen (secondary N) is 1. The Morgan fingerprint density at radius 2 is 1.64 bits per heavy atom. The quantitative estimate of drug-likeness (QED) is 0.396. The number of carbonyl (C=O) groups excluding carboxylic acids is 1. The van der Waals surface area contributed by atoms with E-state index >= 15 is 0 Å². The Labute approximate surface area is 156 Å². The molecule has 8 heteroatoms. The molecule has 3 aromatic carbocycles. The van der Waals surface area contributed by atoms with E-state index in [1.54, 1.807) is 0 Å². The van der Waals surface area contributed by atoms with E-state index in [0.717, 1.165) is 30.5 Å². The van der Waals surface area contributed by atoms with Crippen molar-refractivity contribution in [2.24, 2.45) is 5.10 Å². The highest BCUT2D eigenvalue weighted by Gasteiger charge is 2.14. The number of halogens is 4. The molecule has 0 heterocycles. The maximum atomic E-state index is 13.9. The first-order valence-corrected chi connectivity index (χ1v) is 7.92. The molecule has 3 rings (SSSR count). The van der Waals surface area contributed by atoms with Gasteiger partial charge in [0.1, 0.15) is 29.0 Å². The van der Waals surface area contributed by atoms with E-state index in [1.807, 2.05) is 5.43 Å². The minimum atomic E-state index is -0.894. The molecule has 0 aliphatic heterocycles. The minimum Gasteiger partial charge on any atom is -0.507 e. The molecule has 0 saturated carbocycles. The van der Waals surface area contributed by atoms with Gasteiger partial charge in [-0.2, -0.15) is 5.10 Å². The summed E-state index contributed by atoms with van der Waals surface area (Å²) in [5, 5.41) is 13.4. The van der Waals surface area contributed by atoms with Crippen molar-refractivity contribution in [3.05, 3.63) is 89.0 Å². The molecule has 0 aliphatic carbocycles. The second kappa shape index (κ2) is 7.91. The fourth-order valence-corrected chi connectivity index (χ4v) is 2.46. The summed E-state index contributed by atoms with van der Waals surface area (Å²) < 4.78 is 54.0. The molecule has 0 bridgehead atoms. The number of hydrogen-bond acceptors (Lipinski definition) is 3. The first kappa shape index (κ1) is 19.1. The van der Waals surface area contributed by atoms with Crippen LogP contribution in [0.25, 0.3) is 11.1 Å². The summed E-state index contributed by atoms with van der Waals surface area (Å²) in [7, 11) is 0. The number of amides is 1. The zero-order valence-electron chi connectivity index (χ0n) is 14.1. The molecule has 0 unspecified atom stereocenters. The van der Waals surface area contributed by atoms with Crippen LogP contribution in [-0.2, 0) is 0 Å². The second-order valence-electron chi connectivity index (χ2n) is 5.69. The molecule has 28 heavy (non-hydrogen) atoms. The maximum Gasteiger partial charge on any atom is 0.275 e. The topological polar surface area (TPSA) is 61.7 Å². The predicted molar refractivity (Wildman–Crippen MR) is 94.9 cm³/mol. The van der Waals surface area contributed by atoms with Crippen molar-refractivity contribution < 1.29 is 27.5 Å². The van der Waals surface area contributed by atoms with E-state index in [-0.39, 0.29) is 16.7 Å². The lowest BCUT2D eigenvalue weighted by Crippen LogP contribution is -2.18. The molecule has 0 radical (unpaired) electrons. The van der Waals surface area contributed by atoms with Gasteiger partial charge in [-0.15, -0.1) is 0 Å². The highest BCUT2D eigenvalue weighted by Crippen LogP contribution is 2.28. The average Bonchev–Trinajstić information content (AvgIpc) is 2.65. The Kier molecular flexibility index (Phi) is 5.39. The van der Waals surface area contributed by atoms with Crippen LogP contribution >= 0.6 is 0 Å². The monoisotopic (exact) mass is 388 g/mol. The van der Waals surface area contributed by atoms with E-state index in [1.165, 1.54) is 24.3 Å². The highest BCUT2D eigenvalue weighted by molar-refractivity contribution is 5.98. The van der Waals surface area contributed by atoms with Gasteiger partial charge in [-0.25, -0.2) is 23.0 Å². The fourth-order valence-electron chi connectivity index (χ4n) is 2.46. The number of nitrogens with zero attached hydrogens (tertiary/aromatic N) is 1. The number of phenols is 1. The van der Waals surface area contributed by atoms with Crippen LogP contribution in [-0.4, -0.2) is 17.2 Å². The number of carbonyl (C=O) groups is 1. The van der Waals surface area contributed by atoms with Gasteiger partial charge in [-0.05, 0) is 42.0 Å². The zero-order chi connectivity index (χ0) is 20.3. The van der Waals surface area contributed by atoms with Crippen molar-refractivity contribution in [2.75, 3.05) is 0 Å². The Morgan fingerprint density at radius 1 is 0.929 bits per heavy atom. The summed E-state index contributed by atoms with van der Waals surface area (Å²) in [5.41, 5.74) is 1.55. The molecular formula is C20H12F4N2O2. The third-order valence-electron chi connectivity index (χ3n) is 3.84. The van der Waals surface area contributed by atoms with Crippen molar-refractivity contribution in [3.63, 3.8) is 0 Å².